The minimum atomic E-state index is 0. The molecule has 4 saturated carbocycles. The van der Waals surface area contributed by atoms with Crippen LogP contribution in [0.4, 0.5) is 11.4 Å². The topological polar surface area (TPSA) is 24.7 Å². The molecule has 0 aromatic heterocycles. The first-order valence-electron chi connectivity index (χ1n) is 16.7. The van der Waals surface area contributed by atoms with E-state index in [9.17, 15) is 0 Å². The quantitative estimate of drug-likeness (QED) is 0.126. The van der Waals surface area contributed by atoms with Gasteiger partial charge < -0.3 is 12.8 Å². The molecule has 46 heavy (non-hydrogen) atoms. The summed E-state index contributed by atoms with van der Waals surface area (Å²) < 4.78 is 0. The zero-order valence-electron chi connectivity index (χ0n) is 28.2. The van der Waals surface area contributed by atoms with E-state index >= 15 is 0 Å². The van der Waals surface area contributed by atoms with Crippen LogP contribution in [-0.2, 0) is 65.3 Å². The van der Waals surface area contributed by atoms with Crippen molar-refractivity contribution >= 4 is 61.8 Å². The van der Waals surface area contributed by atoms with E-state index in [1.807, 2.05) is 39.0 Å². The summed E-state index contributed by atoms with van der Waals surface area (Å²) in [6.07, 6.45) is 27.5. The SMILES string of the molecule is C1CCCC1.C1CCCC1.CC(=Nc1ccc(C)cc1)C1[CH-]CCC1.CC(=Nc1ccc(C)cc1)C1[CH-]CCC1.[Fe+2].[Fe+2].[Pd+][I].[Pd+][I]. The van der Waals surface area contributed by atoms with Crippen molar-refractivity contribution in [2.75, 3.05) is 0 Å². The molecule has 2 aromatic carbocycles. The van der Waals surface area contributed by atoms with Crippen LogP contribution in [0.2, 0.25) is 0 Å². The molecule has 0 aliphatic heterocycles. The number of aryl methyl sites for hydroxylation is 2. The summed E-state index contributed by atoms with van der Waals surface area (Å²) in [7, 11) is 0. The molecule has 0 spiro atoms. The van der Waals surface area contributed by atoms with E-state index in [1.165, 1.54) is 125 Å². The molecule has 8 heteroatoms. The fourth-order valence-electron chi connectivity index (χ4n) is 5.89. The number of hydrogen-bond donors (Lipinski definition) is 0. The normalized spacial score (nSPS) is 19.9. The zero-order chi connectivity index (χ0) is 32.4. The second kappa shape index (κ2) is 33.7. The molecule has 2 aromatic rings. The molecule has 6 rings (SSSR count). The fourth-order valence-corrected chi connectivity index (χ4v) is 5.89. The molecule has 2 unspecified atom stereocenters. The maximum absolute atomic E-state index is 4.67. The Kier molecular flexibility index (Phi) is 36.5. The summed E-state index contributed by atoms with van der Waals surface area (Å²) in [5.41, 5.74) is 7.27. The maximum atomic E-state index is 4.67. The first-order valence-corrected chi connectivity index (χ1v) is 25.9. The second-order valence-corrected chi connectivity index (χ2v) is 12.3. The average molecular weight is 1120 g/mol. The van der Waals surface area contributed by atoms with E-state index in [-0.39, 0.29) is 34.1 Å². The molecule has 4 aliphatic rings. The van der Waals surface area contributed by atoms with Gasteiger partial charge in [0.15, 0.2) is 0 Å². The van der Waals surface area contributed by atoms with Crippen LogP contribution in [-0.4, -0.2) is 11.4 Å². The van der Waals surface area contributed by atoms with Gasteiger partial charge in [0.25, 0.3) is 0 Å². The third kappa shape index (κ3) is 23.9. The summed E-state index contributed by atoms with van der Waals surface area (Å²) in [6, 6.07) is 16.8. The van der Waals surface area contributed by atoms with Crippen molar-refractivity contribution in [2.24, 2.45) is 21.8 Å². The van der Waals surface area contributed by atoms with E-state index < -0.39 is 0 Å². The molecule has 0 N–H and O–H groups in total. The Hall–Kier alpha value is 1.60. The number of halogens is 2. The van der Waals surface area contributed by atoms with Gasteiger partial charge in [-0.15, -0.1) is 11.8 Å². The molecule has 0 heterocycles. The molecule has 2 atom stereocenters. The monoisotopic (exact) mass is 1120 g/mol. The van der Waals surface area contributed by atoms with Gasteiger partial charge in [-0.3, -0.25) is 9.98 Å². The molecular formula is C38H56Fe2I2N2Pd2+4. The van der Waals surface area contributed by atoms with Crippen molar-refractivity contribution in [3.05, 3.63) is 72.5 Å². The molecular weight excluding hydrogens is 1060 g/mol. The van der Waals surface area contributed by atoms with E-state index in [0.717, 1.165) is 11.4 Å². The average Bonchev–Trinajstić information content (AvgIpc) is 3.91. The van der Waals surface area contributed by atoms with Crippen molar-refractivity contribution < 1.29 is 65.3 Å². The van der Waals surface area contributed by atoms with Gasteiger partial charge >= 0.3 is 104 Å². The van der Waals surface area contributed by atoms with Crippen LogP contribution in [0.3, 0.4) is 0 Å². The molecule has 0 bridgehead atoms. The van der Waals surface area contributed by atoms with E-state index in [0.29, 0.717) is 11.8 Å². The summed E-state index contributed by atoms with van der Waals surface area (Å²) in [5, 5.41) is 0. The van der Waals surface area contributed by atoms with Gasteiger partial charge in [-0.25, -0.2) is 0 Å². The van der Waals surface area contributed by atoms with Crippen molar-refractivity contribution in [1.82, 2.24) is 0 Å². The molecule has 4 fully saturated rings. The molecule has 4 aliphatic carbocycles. The van der Waals surface area contributed by atoms with E-state index in [1.54, 1.807) is 0 Å². The van der Waals surface area contributed by atoms with Gasteiger partial charge in [0.2, 0.25) is 0 Å². The fraction of sp³-hybridized carbons (Fsp3) is 0.579. The predicted octanol–water partition coefficient (Wildman–Crippen LogP) is 13.8. The van der Waals surface area contributed by atoms with Crippen molar-refractivity contribution in [3.63, 3.8) is 0 Å². The molecule has 0 amide bonds. The van der Waals surface area contributed by atoms with Gasteiger partial charge in [0, 0.05) is 0 Å². The Bertz CT molecular complexity index is 915. The first kappa shape index (κ1) is 49.7. The minimum absolute atomic E-state index is 0. The standard InChI is InChI=1S/2C14H18N.2C5H10.2Fe.2HI.2Pd/c2*1-11-7-9-14(10-8-11)15-12(2)13-5-3-4-6-13;2*1-2-4-5-3-1;;;;;;/h2*5,7-10,13H,3-4,6H2,1-2H3;2*1-5H2;;;2*1H;;/q2*-1;;;2*+2;;;2*+2/p-2. The summed E-state index contributed by atoms with van der Waals surface area (Å²) in [5.74, 6) is 1.23. The zero-order valence-corrected chi connectivity index (χ0v) is 37.9. The summed E-state index contributed by atoms with van der Waals surface area (Å²) in [6.45, 7) is 8.49. The van der Waals surface area contributed by atoms with Gasteiger partial charge in [0.05, 0.1) is 11.4 Å². The predicted molar refractivity (Wildman–Crippen MR) is 205 cm³/mol. The summed E-state index contributed by atoms with van der Waals surface area (Å²) >= 11 is 9.44. The summed E-state index contributed by atoms with van der Waals surface area (Å²) in [4.78, 5) is 9.34. The van der Waals surface area contributed by atoms with E-state index in [2.05, 4.69) is 130 Å². The molecule has 264 valence electrons. The Labute approximate surface area is 347 Å². The van der Waals surface area contributed by atoms with Crippen LogP contribution >= 0.6 is 39.0 Å². The van der Waals surface area contributed by atoms with Crippen LogP contribution in [0.25, 0.3) is 0 Å². The Morgan fingerprint density at radius 1 is 0.522 bits per heavy atom. The van der Waals surface area contributed by atoms with Crippen LogP contribution < -0.4 is 0 Å². The second-order valence-electron chi connectivity index (χ2n) is 12.3. The number of benzene rings is 2. The van der Waals surface area contributed by atoms with Gasteiger partial charge in [-0.05, 0) is 63.4 Å². The number of hydrogen-bond acceptors (Lipinski definition) is 2. The molecule has 2 nitrogen and oxygen atoms in total. The Morgan fingerprint density at radius 2 is 0.783 bits per heavy atom. The number of nitrogens with zero attached hydrogens (tertiary/aromatic N) is 2. The van der Waals surface area contributed by atoms with Crippen LogP contribution in [0.5, 0.6) is 0 Å². The Balaban J connectivity index is 0. The first-order chi connectivity index (χ1) is 21.5. The number of rotatable bonds is 4. The van der Waals surface area contributed by atoms with Crippen LogP contribution in [0.1, 0.15) is 128 Å². The molecule has 0 radical (unpaired) electrons. The van der Waals surface area contributed by atoms with Gasteiger partial charge in [-0.2, -0.15) is 12.8 Å². The van der Waals surface area contributed by atoms with Crippen molar-refractivity contribution in [3.8, 4) is 0 Å². The van der Waals surface area contributed by atoms with Gasteiger partial charge in [0.1, 0.15) is 0 Å². The van der Waals surface area contributed by atoms with Crippen molar-refractivity contribution in [1.29, 1.82) is 0 Å². The third-order valence-electron chi connectivity index (χ3n) is 8.59. The molecule has 0 saturated heterocycles. The van der Waals surface area contributed by atoms with Crippen LogP contribution in [0, 0.1) is 38.5 Å². The third-order valence-corrected chi connectivity index (χ3v) is 8.59. The van der Waals surface area contributed by atoms with Crippen LogP contribution in [0.15, 0.2) is 58.5 Å². The van der Waals surface area contributed by atoms with E-state index in [4.69, 9.17) is 0 Å². The van der Waals surface area contributed by atoms with Crippen molar-refractivity contribution in [2.45, 2.75) is 130 Å². The Morgan fingerprint density at radius 3 is 1.00 bits per heavy atom. The van der Waals surface area contributed by atoms with Gasteiger partial charge in [-0.1, -0.05) is 125 Å². The number of aliphatic imine (C=N–C) groups is 2.